The Balaban J connectivity index is 4.12. The van der Waals surface area contributed by atoms with E-state index < -0.39 is 32.5 Å². The molecule has 0 aromatic heterocycles. The molecule has 96 heavy (non-hydrogen) atoms. The number of phosphoric ester groups is 1. The lowest BCUT2D eigenvalue weighted by Crippen LogP contribution is -2.37. The second kappa shape index (κ2) is 73.8. The normalized spacial score (nSPS) is 14.3. The molecule has 0 amide bonds. The average Bonchev–Trinajstić information content (AvgIpc) is 2.54. The quantitative estimate of drug-likeness (QED) is 0.0195. The third-order valence-corrected chi connectivity index (χ3v) is 16.3. The molecule has 0 N–H and O–H groups in total. The molecule has 0 aliphatic heterocycles. The van der Waals surface area contributed by atoms with Crippen molar-refractivity contribution in [2.45, 2.75) is 277 Å². The van der Waals surface area contributed by atoms with E-state index in [1.165, 1.54) is 70.6 Å². The number of phosphoric acid groups is 1. The van der Waals surface area contributed by atoms with Crippen LogP contribution in [0.4, 0.5) is 0 Å². The molecule has 0 aliphatic carbocycles. The van der Waals surface area contributed by atoms with Crippen molar-refractivity contribution in [3.63, 3.8) is 0 Å². The maximum atomic E-state index is 12.9. The Morgan fingerprint density at radius 1 is 0.323 bits per heavy atom. The van der Waals surface area contributed by atoms with Crippen LogP contribution in [0.25, 0.3) is 0 Å². The monoisotopic (exact) mass is 1340 g/mol. The Hall–Kier alpha value is -5.41. The van der Waals surface area contributed by atoms with Crippen molar-refractivity contribution in [3.05, 3.63) is 207 Å². The molecule has 540 valence electrons. The summed E-state index contributed by atoms with van der Waals surface area (Å²) in [5.41, 5.74) is 0. The molecule has 0 fully saturated rings. The molecular formula is C86H138NO8P. The first kappa shape index (κ1) is 90.6. The molecule has 0 spiro atoms. The summed E-state index contributed by atoms with van der Waals surface area (Å²) in [6, 6.07) is 0. The lowest BCUT2D eigenvalue weighted by molar-refractivity contribution is -0.870. The largest absolute Gasteiger partial charge is 0.756 e. The number of hydrogen-bond acceptors (Lipinski definition) is 8. The summed E-state index contributed by atoms with van der Waals surface area (Å²) in [5, 5.41) is 0. The highest BCUT2D eigenvalue weighted by Gasteiger charge is 2.22. The van der Waals surface area contributed by atoms with E-state index in [9.17, 15) is 19.0 Å². The van der Waals surface area contributed by atoms with Gasteiger partial charge in [0.15, 0.2) is 6.10 Å². The first-order chi connectivity index (χ1) is 47.0. The SMILES string of the molecule is CC/C=C\C/C=C\C/C=C\C/C=C\C/C=C\C/C=C\C/C=C\C/C=C\C/C=C\C/C=C\CCCCCCCCCCCCC(=O)OC(COC(=O)CCCCCCCCCCC/C=C\C/C=C\C/C=C\C/C=C\C/C=C\C/C=C\C/C=C\CC)COP(=O)([O-])OCC[N+](C)(C)C. The molecule has 0 aliphatic rings. The lowest BCUT2D eigenvalue weighted by Gasteiger charge is -2.28. The van der Waals surface area contributed by atoms with Gasteiger partial charge in [-0.15, -0.1) is 0 Å². The molecule has 0 saturated heterocycles. The minimum Gasteiger partial charge on any atom is -0.756 e. The maximum absolute atomic E-state index is 12.9. The number of allylic oxidation sites excluding steroid dienone is 34. The molecule has 10 heteroatoms. The molecule has 2 atom stereocenters. The van der Waals surface area contributed by atoms with Gasteiger partial charge in [0.1, 0.15) is 19.8 Å². The molecule has 0 radical (unpaired) electrons. The average molecular weight is 1350 g/mol. The van der Waals surface area contributed by atoms with E-state index in [-0.39, 0.29) is 26.1 Å². The number of carbonyl (C=O) groups is 2. The zero-order chi connectivity index (χ0) is 69.7. The molecular weight excluding hydrogens is 1210 g/mol. The Kier molecular flexibility index (Phi) is 69.7. The van der Waals surface area contributed by atoms with Crippen molar-refractivity contribution >= 4 is 19.8 Å². The summed E-state index contributed by atoms with van der Waals surface area (Å²) in [6.07, 6.45) is 116. The number of unbranched alkanes of at least 4 members (excludes halogenated alkanes) is 19. The number of likely N-dealkylation sites (N-methyl/N-ethyl adjacent to an activating group) is 1. The van der Waals surface area contributed by atoms with Gasteiger partial charge < -0.3 is 27.9 Å². The van der Waals surface area contributed by atoms with Crippen molar-refractivity contribution in [3.8, 4) is 0 Å². The molecule has 0 rings (SSSR count). The van der Waals surface area contributed by atoms with Gasteiger partial charge in [0.05, 0.1) is 27.7 Å². The minimum atomic E-state index is -4.66. The molecule has 0 aromatic carbocycles. The van der Waals surface area contributed by atoms with Crippen LogP contribution in [-0.4, -0.2) is 70.0 Å². The highest BCUT2D eigenvalue weighted by atomic mass is 31.2. The number of nitrogens with zero attached hydrogens (tertiary/aromatic N) is 1. The number of esters is 2. The summed E-state index contributed by atoms with van der Waals surface area (Å²) in [5.74, 6) is -0.856. The minimum absolute atomic E-state index is 0.0431. The molecule has 0 bridgehead atoms. The van der Waals surface area contributed by atoms with Crippen molar-refractivity contribution in [1.29, 1.82) is 0 Å². The zero-order valence-electron chi connectivity index (χ0n) is 61.5. The predicted molar refractivity (Wildman–Crippen MR) is 415 cm³/mol. The van der Waals surface area contributed by atoms with Crippen LogP contribution in [0.5, 0.6) is 0 Å². The fourth-order valence-corrected chi connectivity index (χ4v) is 10.3. The van der Waals surface area contributed by atoms with Crippen LogP contribution < -0.4 is 4.89 Å². The van der Waals surface area contributed by atoms with Gasteiger partial charge in [-0.3, -0.25) is 14.2 Å². The standard InChI is InChI=1S/C86H138NO8P/c1-6-8-10-12-14-16-18-20-22-24-26-28-30-32-34-36-38-39-40-41-42-43-44-45-46-47-49-51-53-55-57-59-61-63-65-67-69-71-73-75-77-79-86(89)95-84(83-94-96(90,91)93-81-80-87(3,4)5)82-92-85(88)78-76-74-72-70-68-66-64-62-60-58-56-54-52-50-48-37-35-33-31-29-27-25-23-21-19-17-15-13-11-9-7-2/h8-11,14-17,20-23,26-29,32-35,38-39,41-42,44-45,47-50,53-56,84H,6-7,12-13,18-19,24-25,30-31,36-37,40,43,46,51-52,57-83H2,1-5H3/b10-8-,11-9-,16-14-,17-15-,22-20-,23-21-,28-26-,29-27-,34-32-,35-33-,39-38-,42-41-,45-44-,49-47-,50-48-,55-53-,56-54-. The second-order valence-corrected chi connectivity index (χ2v) is 27.0. The van der Waals surface area contributed by atoms with Crippen molar-refractivity contribution in [2.75, 3.05) is 47.5 Å². The Bertz CT molecular complexity index is 2380. The van der Waals surface area contributed by atoms with E-state index in [2.05, 4.69) is 220 Å². The first-order valence-electron chi connectivity index (χ1n) is 37.8. The summed E-state index contributed by atoms with van der Waals surface area (Å²) in [7, 11) is 1.14. The van der Waals surface area contributed by atoms with Gasteiger partial charge in [0, 0.05) is 12.8 Å². The summed E-state index contributed by atoms with van der Waals surface area (Å²) < 4.78 is 34.3. The third-order valence-electron chi connectivity index (χ3n) is 15.3. The maximum Gasteiger partial charge on any atom is 0.306 e. The number of ether oxygens (including phenoxy) is 2. The Labute approximate surface area is 589 Å². The highest BCUT2D eigenvalue weighted by Crippen LogP contribution is 2.38. The van der Waals surface area contributed by atoms with Crippen molar-refractivity contribution in [2.24, 2.45) is 0 Å². The first-order valence-corrected chi connectivity index (χ1v) is 39.3. The van der Waals surface area contributed by atoms with E-state index >= 15 is 0 Å². The summed E-state index contributed by atoms with van der Waals surface area (Å²) in [6.45, 7) is 3.98. The van der Waals surface area contributed by atoms with Gasteiger partial charge in [0.2, 0.25) is 0 Å². The topological polar surface area (TPSA) is 111 Å². The van der Waals surface area contributed by atoms with E-state index in [1.54, 1.807) is 0 Å². The second-order valence-electron chi connectivity index (χ2n) is 25.5. The molecule has 2 unspecified atom stereocenters. The van der Waals surface area contributed by atoms with Gasteiger partial charge in [-0.2, -0.15) is 0 Å². The smallest absolute Gasteiger partial charge is 0.306 e. The number of rotatable bonds is 67. The molecule has 9 nitrogen and oxygen atoms in total. The van der Waals surface area contributed by atoms with Crippen molar-refractivity contribution in [1.82, 2.24) is 0 Å². The Morgan fingerprint density at radius 3 is 0.833 bits per heavy atom. The predicted octanol–water partition coefficient (Wildman–Crippen LogP) is 24.7. The van der Waals surface area contributed by atoms with Crippen LogP contribution in [0.3, 0.4) is 0 Å². The fraction of sp³-hybridized carbons (Fsp3) is 0.581. The Morgan fingerprint density at radius 2 is 0.562 bits per heavy atom. The van der Waals surface area contributed by atoms with Gasteiger partial charge in [0.25, 0.3) is 7.82 Å². The molecule has 0 heterocycles. The van der Waals surface area contributed by atoms with Crippen LogP contribution in [0.2, 0.25) is 0 Å². The number of quaternary nitrogens is 1. The van der Waals surface area contributed by atoms with Crippen LogP contribution >= 0.6 is 7.82 Å². The highest BCUT2D eigenvalue weighted by molar-refractivity contribution is 7.45. The molecule has 0 saturated carbocycles. The van der Waals surface area contributed by atoms with Crippen LogP contribution in [0.1, 0.15) is 271 Å². The van der Waals surface area contributed by atoms with E-state index in [1.807, 2.05) is 21.1 Å². The van der Waals surface area contributed by atoms with Crippen LogP contribution in [-0.2, 0) is 32.7 Å². The van der Waals surface area contributed by atoms with E-state index in [4.69, 9.17) is 18.5 Å². The zero-order valence-corrected chi connectivity index (χ0v) is 62.4. The number of hydrogen-bond donors (Lipinski definition) is 0. The fourth-order valence-electron chi connectivity index (χ4n) is 9.61. The van der Waals surface area contributed by atoms with E-state index in [0.717, 1.165) is 161 Å². The van der Waals surface area contributed by atoms with Crippen LogP contribution in [0.15, 0.2) is 207 Å². The van der Waals surface area contributed by atoms with Crippen LogP contribution in [0, 0.1) is 0 Å². The van der Waals surface area contributed by atoms with Crippen molar-refractivity contribution < 1.29 is 42.1 Å². The summed E-state index contributed by atoms with van der Waals surface area (Å²) in [4.78, 5) is 38.1. The summed E-state index contributed by atoms with van der Waals surface area (Å²) >= 11 is 0. The van der Waals surface area contributed by atoms with E-state index in [0.29, 0.717) is 23.9 Å². The van der Waals surface area contributed by atoms with Gasteiger partial charge in [-0.05, 0) is 148 Å². The molecule has 0 aromatic rings. The van der Waals surface area contributed by atoms with Gasteiger partial charge in [-0.25, -0.2) is 0 Å². The lowest BCUT2D eigenvalue weighted by atomic mass is 10.0. The third kappa shape index (κ3) is 77.6. The van der Waals surface area contributed by atoms with Gasteiger partial charge >= 0.3 is 11.9 Å². The van der Waals surface area contributed by atoms with Gasteiger partial charge in [-0.1, -0.05) is 317 Å². The number of carbonyl (C=O) groups excluding carboxylic acids is 2.